The number of hydrogen-bond donors (Lipinski definition) is 1. The van der Waals surface area contributed by atoms with Gasteiger partial charge in [0.2, 0.25) is 5.91 Å². The second-order valence-corrected chi connectivity index (χ2v) is 7.64. The first kappa shape index (κ1) is 18.8. The number of anilines is 1. The van der Waals surface area contributed by atoms with E-state index in [1.165, 1.54) is 17.8 Å². The standard InChI is InChI=1S/C16H13Cl4NOS/c1-2-15(23-10-5-3-9(17)4-6-10)16(22)21-14-8-12(19)11(18)7-13(14)20/h3-8,15H,2H2,1H3,(H,21,22)/t15-/m0/s1. The van der Waals surface area contributed by atoms with Gasteiger partial charge in [0.05, 0.1) is 26.0 Å². The largest absolute Gasteiger partial charge is 0.324 e. The molecule has 0 heterocycles. The molecule has 122 valence electrons. The van der Waals surface area contributed by atoms with Gasteiger partial charge in [0.1, 0.15) is 0 Å². The van der Waals surface area contributed by atoms with Gasteiger partial charge in [-0.2, -0.15) is 0 Å². The molecular weight excluding hydrogens is 396 g/mol. The molecule has 23 heavy (non-hydrogen) atoms. The van der Waals surface area contributed by atoms with Crippen LogP contribution in [0.2, 0.25) is 20.1 Å². The van der Waals surface area contributed by atoms with Crippen LogP contribution in [0, 0.1) is 0 Å². The summed E-state index contributed by atoms with van der Waals surface area (Å²) in [6, 6.07) is 10.4. The van der Waals surface area contributed by atoms with E-state index in [-0.39, 0.29) is 11.2 Å². The Morgan fingerprint density at radius 1 is 1.04 bits per heavy atom. The summed E-state index contributed by atoms with van der Waals surface area (Å²) in [6.45, 7) is 1.95. The van der Waals surface area contributed by atoms with Crippen molar-refractivity contribution < 1.29 is 4.79 Å². The maximum Gasteiger partial charge on any atom is 0.237 e. The highest BCUT2D eigenvalue weighted by atomic mass is 35.5. The highest BCUT2D eigenvalue weighted by Gasteiger charge is 2.19. The van der Waals surface area contributed by atoms with Crippen LogP contribution in [0.4, 0.5) is 5.69 Å². The van der Waals surface area contributed by atoms with E-state index in [9.17, 15) is 4.79 Å². The molecule has 2 nitrogen and oxygen atoms in total. The Balaban J connectivity index is 2.11. The Labute approximate surface area is 159 Å². The minimum Gasteiger partial charge on any atom is -0.324 e. The van der Waals surface area contributed by atoms with Crippen LogP contribution in [0.15, 0.2) is 41.3 Å². The average molecular weight is 409 g/mol. The number of rotatable bonds is 5. The van der Waals surface area contributed by atoms with Gasteiger partial charge in [-0.05, 0) is 42.8 Å². The molecule has 1 atom stereocenters. The third-order valence-corrected chi connectivity index (χ3v) is 5.69. The van der Waals surface area contributed by atoms with Crippen molar-refractivity contribution >= 4 is 69.8 Å². The van der Waals surface area contributed by atoms with E-state index in [1.807, 2.05) is 19.1 Å². The molecule has 2 aromatic carbocycles. The van der Waals surface area contributed by atoms with E-state index >= 15 is 0 Å². The number of carbonyl (C=O) groups is 1. The first-order valence-electron chi connectivity index (χ1n) is 6.78. The molecule has 7 heteroatoms. The predicted molar refractivity (Wildman–Crippen MR) is 101 cm³/mol. The molecule has 0 unspecified atom stereocenters. The Bertz CT molecular complexity index is 706. The molecule has 0 fully saturated rings. The van der Waals surface area contributed by atoms with Crippen LogP contribution in [0.25, 0.3) is 0 Å². The number of amides is 1. The summed E-state index contributed by atoms with van der Waals surface area (Å²) in [4.78, 5) is 13.4. The van der Waals surface area contributed by atoms with Gasteiger partial charge in [-0.15, -0.1) is 11.8 Å². The zero-order chi connectivity index (χ0) is 17.0. The van der Waals surface area contributed by atoms with Gasteiger partial charge in [0.25, 0.3) is 0 Å². The molecule has 1 amide bonds. The van der Waals surface area contributed by atoms with Crippen molar-refractivity contribution in [2.75, 3.05) is 5.32 Å². The number of hydrogen-bond acceptors (Lipinski definition) is 2. The van der Waals surface area contributed by atoms with E-state index in [0.717, 1.165) is 4.90 Å². The van der Waals surface area contributed by atoms with E-state index in [2.05, 4.69) is 5.32 Å². The molecule has 0 spiro atoms. The van der Waals surface area contributed by atoms with Gasteiger partial charge in [-0.1, -0.05) is 53.3 Å². The van der Waals surface area contributed by atoms with E-state index in [4.69, 9.17) is 46.4 Å². The molecule has 0 saturated carbocycles. The Morgan fingerprint density at radius 2 is 1.65 bits per heavy atom. The summed E-state index contributed by atoms with van der Waals surface area (Å²) in [5.41, 5.74) is 0.446. The van der Waals surface area contributed by atoms with Crippen molar-refractivity contribution in [1.29, 1.82) is 0 Å². The van der Waals surface area contributed by atoms with E-state index in [0.29, 0.717) is 32.2 Å². The van der Waals surface area contributed by atoms with Crippen LogP contribution >= 0.6 is 58.2 Å². The normalized spacial score (nSPS) is 12.0. The minimum atomic E-state index is -0.262. The smallest absolute Gasteiger partial charge is 0.237 e. The molecule has 0 aliphatic carbocycles. The summed E-state index contributed by atoms with van der Waals surface area (Å²) in [5, 5.41) is 4.23. The lowest BCUT2D eigenvalue weighted by atomic mass is 10.2. The van der Waals surface area contributed by atoms with E-state index in [1.54, 1.807) is 18.2 Å². The highest BCUT2D eigenvalue weighted by molar-refractivity contribution is 8.00. The maximum absolute atomic E-state index is 12.5. The van der Waals surface area contributed by atoms with Gasteiger partial charge >= 0.3 is 0 Å². The van der Waals surface area contributed by atoms with E-state index < -0.39 is 0 Å². The SMILES string of the molecule is CC[C@H](Sc1ccc(Cl)cc1)C(=O)Nc1cc(Cl)c(Cl)cc1Cl. The third-order valence-electron chi connectivity index (χ3n) is 3.02. The fraction of sp³-hybridized carbons (Fsp3) is 0.188. The number of benzene rings is 2. The van der Waals surface area contributed by atoms with Gasteiger partial charge < -0.3 is 5.32 Å². The number of nitrogens with one attached hydrogen (secondary N) is 1. The second-order valence-electron chi connectivity index (χ2n) is 4.70. The molecule has 0 aliphatic heterocycles. The van der Waals surface area contributed by atoms with Gasteiger partial charge in [0.15, 0.2) is 0 Å². The lowest BCUT2D eigenvalue weighted by Gasteiger charge is -2.16. The summed E-state index contributed by atoms with van der Waals surface area (Å²) in [6.07, 6.45) is 0.665. The molecule has 1 N–H and O–H groups in total. The molecule has 0 saturated heterocycles. The van der Waals surface area contributed by atoms with Crippen LogP contribution in [0.3, 0.4) is 0 Å². The fourth-order valence-corrected chi connectivity index (χ4v) is 3.51. The van der Waals surface area contributed by atoms with Crippen LogP contribution in [0.1, 0.15) is 13.3 Å². The van der Waals surface area contributed by atoms with Gasteiger partial charge in [-0.3, -0.25) is 4.79 Å². The molecule has 2 aromatic rings. The Kier molecular flexibility index (Phi) is 6.93. The molecule has 0 radical (unpaired) electrons. The Morgan fingerprint density at radius 3 is 2.26 bits per heavy atom. The number of carbonyl (C=O) groups excluding carboxylic acids is 1. The van der Waals surface area contributed by atoms with Crippen molar-refractivity contribution in [3.63, 3.8) is 0 Å². The molecule has 0 aromatic heterocycles. The molecule has 0 aliphatic rings. The Hall–Kier alpha value is -0.580. The van der Waals surface area contributed by atoms with Crippen molar-refractivity contribution in [2.45, 2.75) is 23.5 Å². The lowest BCUT2D eigenvalue weighted by molar-refractivity contribution is -0.115. The summed E-state index contributed by atoms with van der Waals surface area (Å²) < 4.78 is 0. The third kappa shape index (κ3) is 5.20. The van der Waals surface area contributed by atoms with Crippen LogP contribution in [0.5, 0.6) is 0 Å². The zero-order valence-corrected chi connectivity index (χ0v) is 15.9. The van der Waals surface area contributed by atoms with Crippen LogP contribution in [-0.2, 0) is 4.79 Å². The first-order valence-corrected chi connectivity index (χ1v) is 9.17. The second kappa shape index (κ2) is 8.50. The monoisotopic (exact) mass is 407 g/mol. The quantitative estimate of drug-likeness (QED) is 0.434. The van der Waals surface area contributed by atoms with Gasteiger partial charge in [-0.25, -0.2) is 0 Å². The van der Waals surface area contributed by atoms with Gasteiger partial charge in [0, 0.05) is 9.92 Å². The first-order chi connectivity index (χ1) is 10.9. The average Bonchev–Trinajstić information content (AvgIpc) is 2.52. The summed E-state index contributed by atoms with van der Waals surface area (Å²) in [5.74, 6) is -0.146. The van der Waals surface area contributed by atoms with Crippen molar-refractivity contribution in [3.8, 4) is 0 Å². The fourth-order valence-electron chi connectivity index (χ4n) is 1.83. The lowest BCUT2D eigenvalue weighted by Crippen LogP contribution is -2.24. The predicted octanol–water partition coefficient (Wildman–Crippen LogP) is 6.81. The number of halogens is 4. The van der Waals surface area contributed by atoms with Crippen molar-refractivity contribution in [1.82, 2.24) is 0 Å². The van der Waals surface area contributed by atoms with Crippen molar-refractivity contribution in [2.24, 2.45) is 0 Å². The molecular formula is C16H13Cl4NOS. The molecule has 0 bridgehead atoms. The minimum absolute atomic E-state index is 0.146. The topological polar surface area (TPSA) is 29.1 Å². The maximum atomic E-state index is 12.5. The van der Waals surface area contributed by atoms with Crippen LogP contribution in [-0.4, -0.2) is 11.2 Å². The van der Waals surface area contributed by atoms with Crippen molar-refractivity contribution in [3.05, 3.63) is 56.5 Å². The summed E-state index contributed by atoms with van der Waals surface area (Å²) in [7, 11) is 0. The highest BCUT2D eigenvalue weighted by Crippen LogP contribution is 2.33. The summed E-state index contributed by atoms with van der Waals surface area (Å²) >= 11 is 25.3. The molecule has 2 rings (SSSR count). The number of thioether (sulfide) groups is 1. The zero-order valence-electron chi connectivity index (χ0n) is 12.1. The van der Waals surface area contributed by atoms with Crippen LogP contribution < -0.4 is 5.32 Å².